The molecule has 1 N–H and O–H groups in total. The van der Waals surface area contributed by atoms with Gasteiger partial charge in [0, 0.05) is 5.56 Å². The van der Waals surface area contributed by atoms with Crippen LogP contribution in [0.1, 0.15) is 17.2 Å². The van der Waals surface area contributed by atoms with Crippen molar-refractivity contribution in [2.45, 2.75) is 6.10 Å². The summed E-state index contributed by atoms with van der Waals surface area (Å²) in [6, 6.07) is 10.4. The number of hydrogen-bond acceptors (Lipinski definition) is 3. The van der Waals surface area contributed by atoms with Crippen molar-refractivity contribution in [1.29, 1.82) is 0 Å². The van der Waals surface area contributed by atoms with Gasteiger partial charge in [0.05, 0.1) is 10.0 Å². The van der Waals surface area contributed by atoms with E-state index in [-0.39, 0.29) is 6.79 Å². The standard InChI is InChI=1S/C14H10Cl2O3/c15-10-3-1-2-9(13(10)16)14(17)8-4-5-11-12(6-8)19-7-18-11/h1-6,14,17H,7H2. The number of aliphatic hydroxyl groups is 1. The highest BCUT2D eigenvalue weighted by atomic mass is 35.5. The second kappa shape index (κ2) is 4.93. The average Bonchev–Trinajstić information content (AvgIpc) is 2.88. The fraction of sp³-hybridized carbons (Fsp3) is 0.143. The van der Waals surface area contributed by atoms with Crippen molar-refractivity contribution in [3.63, 3.8) is 0 Å². The van der Waals surface area contributed by atoms with Gasteiger partial charge in [-0.2, -0.15) is 0 Å². The molecule has 3 nitrogen and oxygen atoms in total. The lowest BCUT2D eigenvalue weighted by molar-refractivity contribution is 0.173. The Morgan fingerprint density at radius 2 is 1.84 bits per heavy atom. The summed E-state index contributed by atoms with van der Waals surface area (Å²) in [6.45, 7) is 0.201. The number of rotatable bonds is 2. The first-order chi connectivity index (χ1) is 9.16. The lowest BCUT2D eigenvalue weighted by Crippen LogP contribution is -2.00. The minimum absolute atomic E-state index is 0.201. The molecule has 19 heavy (non-hydrogen) atoms. The van der Waals surface area contributed by atoms with Gasteiger partial charge >= 0.3 is 0 Å². The Balaban J connectivity index is 2.00. The van der Waals surface area contributed by atoms with Crippen LogP contribution in [0.2, 0.25) is 10.0 Å². The molecule has 1 aliphatic rings. The molecule has 1 heterocycles. The molecule has 1 unspecified atom stereocenters. The fourth-order valence-corrected chi connectivity index (χ4v) is 2.41. The van der Waals surface area contributed by atoms with E-state index in [2.05, 4.69) is 0 Å². The maximum atomic E-state index is 10.4. The third kappa shape index (κ3) is 2.25. The van der Waals surface area contributed by atoms with Gasteiger partial charge < -0.3 is 14.6 Å². The topological polar surface area (TPSA) is 38.7 Å². The molecule has 0 bridgehead atoms. The predicted octanol–water partition coefficient (Wildman–Crippen LogP) is 3.80. The van der Waals surface area contributed by atoms with Crippen molar-refractivity contribution < 1.29 is 14.6 Å². The van der Waals surface area contributed by atoms with Crippen molar-refractivity contribution in [2.24, 2.45) is 0 Å². The van der Waals surface area contributed by atoms with E-state index in [0.717, 1.165) is 0 Å². The molecule has 5 heteroatoms. The Kier molecular flexibility index (Phi) is 3.27. The second-order valence-corrected chi connectivity index (χ2v) is 4.94. The molecule has 0 spiro atoms. The van der Waals surface area contributed by atoms with Gasteiger partial charge in [0.2, 0.25) is 6.79 Å². The zero-order valence-electron chi connectivity index (χ0n) is 9.77. The summed E-state index contributed by atoms with van der Waals surface area (Å²) in [7, 11) is 0. The van der Waals surface area contributed by atoms with Crippen LogP contribution in [0.15, 0.2) is 36.4 Å². The third-order valence-electron chi connectivity index (χ3n) is 2.99. The molecule has 0 aliphatic carbocycles. The minimum atomic E-state index is -0.860. The summed E-state index contributed by atoms with van der Waals surface area (Å²) in [5.41, 5.74) is 1.24. The predicted molar refractivity (Wildman–Crippen MR) is 73.1 cm³/mol. The van der Waals surface area contributed by atoms with E-state index in [4.69, 9.17) is 32.7 Å². The number of aliphatic hydroxyl groups excluding tert-OH is 1. The first-order valence-corrected chi connectivity index (χ1v) is 6.44. The van der Waals surface area contributed by atoms with Gasteiger partial charge in [-0.15, -0.1) is 0 Å². The second-order valence-electron chi connectivity index (χ2n) is 4.16. The molecular formula is C14H10Cl2O3. The Labute approximate surface area is 120 Å². The van der Waals surface area contributed by atoms with Crippen molar-refractivity contribution >= 4 is 23.2 Å². The maximum Gasteiger partial charge on any atom is 0.231 e. The minimum Gasteiger partial charge on any atom is -0.454 e. The summed E-state index contributed by atoms with van der Waals surface area (Å²) in [4.78, 5) is 0. The third-order valence-corrected chi connectivity index (χ3v) is 3.82. The van der Waals surface area contributed by atoms with Gasteiger partial charge in [0.15, 0.2) is 11.5 Å². The normalized spacial score (nSPS) is 14.5. The Hall–Kier alpha value is -1.42. The lowest BCUT2D eigenvalue weighted by atomic mass is 10.0. The van der Waals surface area contributed by atoms with E-state index >= 15 is 0 Å². The summed E-state index contributed by atoms with van der Waals surface area (Å²) >= 11 is 12.1. The van der Waals surface area contributed by atoms with Gasteiger partial charge in [0.1, 0.15) is 6.10 Å². The Morgan fingerprint density at radius 3 is 2.68 bits per heavy atom. The molecule has 2 aromatic rings. The van der Waals surface area contributed by atoms with E-state index in [9.17, 15) is 5.11 Å². The zero-order valence-corrected chi connectivity index (χ0v) is 11.3. The van der Waals surface area contributed by atoms with Crippen LogP contribution >= 0.6 is 23.2 Å². The SMILES string of the molecule is OC(c1ccc2c(c1)OCO2)c1cccc(Cl)c1Cl. The van der Waals surface area contributed by atoms with Gasteiger partial charge in [-0.3, -0.25) is 0 Å². The van der Waals surface area contributed by atoms with Crippen molar-refractivity contribution in [3.05, 3.63) is 57.6 Å². The number of fused-ring (bicyclic) bond motifs is 1. The van der Waals surface area contributed by atoms with Crippen LogP contribution in [-0.4, -0.2) is 11.9 Å². The van der Waals surface area contributed by atoms with Crippen molar-refractivity contribution in [1.82, 2.24) is 0 Å². The Morgan fingerprint density at radius 1 is 1.05 bits per heavy atom. The molecule has 2 aromatic carbocycles. The summed E-state index contributed by atoms with van der Waals surface area (Å²) in [6.07, 6.45) is -0.860. The molecule has 98 valence electrons. The van der Waals surface area contributed by atoms with Crippen LogP contribution in [0.25, 0.3) is 0 Å². The van der Waals surface area contributed by atoms with Crippen LogP contribution in [0.3, 0.4) is 0 Å². The quantitative estimate of drug-likeness (QED) is 0.916. The van der Waals surface area contributed by atoms with Crippen LogP contribution in [0.4, 0.5) is 0 Å². The highest BCUT2D eigenvalue weighted by Gasteiger charge is 2.19. The fourth-order valence-electron chi connectivity index (χ4n) is 1.99. The van der Waals surface area contributed by atoms with E-state index in [1.54, 1.807) is 36.4 Å². The van der Waals surface area contributed by atoms with Crippen molar-refractivity contribution in [2.75, 3.05) is 6.79 Å². The summed E-state index contributed by atoms with van der Waals surface area (Å²) < 4.78 is 10.5. The molecular weight excluding hydrogens is 287 g/mol. The average molecular weight is 297 g/mol. The highest BCUT2D eigenvalue weighted by molar-refractivity contribution is 6.42. The van der Waals surface area contributed by atoms with E-state index in [0.29, 0.717) is 32.7 Å². The summed E-state index contributed by atoms with van der Waals surface area (Å²) in [5, 5.41) is 11.2. The molecule has 0 fully saturated rings. The van der Waals surface area contributed by atoms with Crippen LogP contribution in [-0.2, 0) is 0 Å². The van der Waals surface area contributed by atoms with Gasteiger partial charge in [-0.1, -0.05) is 41.4 Å². The molecule has 0 saturated heterocycles. The Bertz CT molecular complexity index is 628. The molecule has 0 saturated carbocycles. The maximum absolute atomic E-state index is 10.4. The number of hydrogen-bond donors (Lipinski definition) is 1. The molecule has 3 rings (SSSR count). The van der Waals surface area contributed by atoms with Crippen LogP contribution < -0.4 is 9.47 Å². The monoisotopic (exact) mass is 296 g/mol. The molecule has 0 aromatic heterocycles. The molecule has 0 amide bonds. The van der Waals surface area contributed by atoms with E-state index in [1.807, 2.05) is 0 Å². The largest absolute Gasteiger partial charge is 0.454 e. The molecule has 1 atom stereocenters. The van der Waals surface area contributed by atoms with E-state index < -0.39 is 6.10 Å². The number of ether oxygens (including phenoxy) is 2. The number of halogens is 2. The highest BCUT2D eigenvalue weighted by Crippen LogP contribution is 2.38. The first kappa shape index (κ1) is 12.6. The van der Waals surface area contributed by atoms with E-state index in [1.165, 1.54) is 0 Å². The van der Waals surface area contributed by atoms with Gasteiger partial charge in [0.25, 0.3) is 0 Å². The smallest absolute Gasteiger partial charge is 0.231 e. The van der Waals surface area contributed by atoms with Crippen LogP contribution in [0, 0.1) is 0 Å². The van der Waals surface area contributed by atoms with Crippen molar-refractivity contribution in [3.8, 4) is 11.5 Å². The summed E-state index contributed by atoms with van der Waals surface area (Å²) in [5.74, 6) is 1.29. The zero-order chi connectivity index (χ0) is 13.4. The van der Waals surface area contributed by atoms with Crippen LogP contribution in [0.5, 0.6) is 11.5 Å². The first-order valence-electron chi connectivity index (χ1n) is 5.68. The lowest BCUT2D eigenvalue weighted by Gasteiger charge is -2.14. The molecule has 0 radical (unpaired) electrons. The molecule has 1 aliphatic heterocycles. The van der Waals surface area contributed by atoms with Gasteiger partial charge in [-0.05, 0) is 23.8 Å². The van der Waals surface area contributed by atoms with Gasteiger partial charge in [-0.25, -0.2) is 0 Å². The number of benzene rings is 2.